The standard InChI is InChI=1S/C17H21N3O3.2ClH/c1-4-14(18)17(21)20-12-6-8-16(19-10-12)23-13-7-5-11(2)15(9-13)22-3;;/h5-10,14H,4,18H2,1-3H3,(H,20,21);2*1H/t14-;;/m1../s1. The molecular weight excluding hydrogens is 365 g/mol. The Balaban J connectivity index is 0.00000288. The Kier molecular flexibility index (Phi) is 9.89. The summed E-state index contributed by atoms with van der Waals surface area (Å²) in [5.74, 6) is 1.57. The number of aryl methyl sites for hydroxylation is 1. The summed E-state index contributed by atoms with van der Waals surface area (Å²) < 4.78 is 10.9. The summed E-state index contributed by atoms with van der Waals surface area (Å²) in [6, 6.07) is 8.43. The van der Waals surface area contributed by atoms with Gasteiger partial charge in [-0.1, -0.05) is 13.0 Å². The second-order valence-corrected chi connectivity index (χ2v) is 5.12. The molecule has 25 heavy (non-hydrogen) atoms. The van der Waals surface area contributed by atoms with Crippen LogP contribution in [0.3, 0.4) is 0 Å². The normalized spacial score (nSPS) is 10.7. The molecule has 138 valence electrons. The van der Waals surface area contributed by atoms with Gasteiger partial charge in [0.1, 0.15) is 11.5 Å². The molecule has 2 rings (SSSR count). The van der Waals surface area contributed by atoms with Crippen molar-refractivity contribution >= 4 is 36.4 Å². The Labute approximate surface area is 159 Å². The highest BCUT2D eigenvalue weighted by Crippen LogP contribution is 2.27. The zero-order valence-electron chi connectivity index (χ0n) is 14.3. The molecule has 1 heterocycles. The number of aromatic nitrogens is 1. The van der Waals surface area contributed by atoms with E-state index in [1.54, 1.807) is 25.3 Å². The van der Waals surface area contributed by atoms with E-state index in [0.29, 0.717) is 23.7 Å². The second-order valence-electron chi connectivity index (χ2n) is 5.12. The van der Waals surface area contributed by atoms with E-state index < -0.39 is 6.04 Å². The van der Waals surface area contributed by atoms with Gasteiger partial charge in [-0.05, 0) is 31.0 Å². The summed E-state index contributed by atoms with van der Waals surface area (Å²) in [5, 5.41) is 2.71. The molecule has 2 aromatic rings. The Hall–Kier alpha value is -2.02. The average molecular weight is 388 g/mol. The fourth-order valence-corrected chi connectivity index (χ4v) is 1.92. The first-order valence-electron chi connectivity index (χ1n) is 7.38. The second kappa shape index (κ2) is 10.8. The van der Waals surface area contributed by atoms with Crippen molar-refractivity contribution < 1.29 is 14.3 Å². The molecule has 0 aliphatic heterocycles. The van der Waals surface area contributed by atoms with Gasteiger partial charge in [-0.25, -0.2) is 4.98 Å². The fraction of sp³-hybridized carbons (Fsp3) is 0.294. The number of amides is 1. The summed E-state index contributed by atoms with van der Waals surface area (Å²) >= 11 is 0. The quantitative estimate of drug-likeness (QED) is 0.788. The number of carbonyl (C=O) groups excluding carboxylic acids is 1. The number of rotatable bonds is 6. The predicted octanol–water partition coefficient (Wildman–Crippen LogP) is 3.71. The summed E-state index contributed by atoms with van der Waals surface area (Å²) in [6.07, 6.45) is 2.11. The highest BCUT2D eigenvalue weighted by molar-refractivity contribution is 5.94. The number of halogens is 2. The lowest BCUT2D eigenvalue weighted by atomic mass is 10.2. The minimum Gasteiger partial charge on any atom is -0.496 e. The average Bonchev–Trinajstić information content (AvgIpc) is 2.57. The molecule has 0 aliphatic rings. The third-order valence-corrected chi connectivity index (χ3v) is 3.38. The maximum Gasteiger partial charge on any atom is 0.241 e. The molecule has 0 unspecified atom stereocenters. The fourth-order valence-electron chi connectivity index (χ4n) is 1.92. The molecule has 0 radical (unpaired) electrons. The van der Waals surface area contributed by atoms with Crippen molar-refractivity contribution in [3.8, 4) is 17.4 Å². The van der Waals surface area contributed by atoms with Crippen molar-refractivity contribution in [1.82, 2.24) is 4.98 Å². The summed E-state index contributed by atoms with van der Waals surface area (Å²) in [4.78, 5) is 15.9. The van der Waals surface area contributed by atoms with Crippen LogP contribution in [-0.4, -0.2) is 24.0 Å². The highest BCUT2D eigenvalue weighted by atomic mass is 35.5. The molecule has 3 N–H and O–H groups in total. The van der Waals surface area contributed by atoms with Gasteiger partial charge in [-0.2, -0.15) is 0 Å². The number of carbonyl (C=O) groups is 1. The Bertz CT molecular complexity index is 681. The highest BCUT2D eigenvalue weighted by Gasteiger charge is 2.11. The van der Waals surface area contributed by atoms with Crippen LogP contribution in [-0.2, 0) is 4.79 Å². The maximum absolute atomic E-state index is 11.7. The lowest BCUT2D eigenvalue weighted by Crippen LogP contribution is -2.34. The number of nitrogens with zero attached hydrogens (tertiary/aromatic N) is 1. The monoisotopic (exact) mass is 387 g/mol. The van der Waals surface area contributed by atoms with Crippen LogP contribution in [0.4, 0.5) is 5.69 Å². The van der Waals surface area contributed by atoms with Gasteiger partial charge in [-0.3, -0.25) is 4.79 Å². The first kappa shape index (κ1) is 23.0. The lowest BCUT2D eigenvalue weighted by molar-refractivity contribution is -0.117. The zero-order valence-corrected chi connectivity index (χ0v) is 15.9. The molecule has 1 aromatic heterocycles. The molecular formula is C17H23Cl2N3O3. The SMILES string of the molecule is CC[C@@H](N)C(=O)Nc1ccc(Oc2ccc(C)c(OC)c2)nc1.Cl.Cl. The lowest BCUT2D eigenvalue weighted by Gasteiger charge is -2.11. The van der Waals surface area contributed by atoms with Crippen LogP contribution in [0.2, 0.25) is 0 Å². The van der Waals surface area contributed by atoms with Crippen LogP contribution in [0.25, 0.3) is 0 Å². The van der Waals surface area contributed by atoms with Gasteiger partial charge in [-0.15, -0.1) is 24.8 Å². The van der Waals surface area contributed by atoms with E-state index in [4.69, 9.17) is 15.2 Å². The Morgan fingerprint density at radius 1 is 1.28 bits per heavy atom. The minimum absolute atomic E-state index is 0. The van der Waals surface area contributed by atoms with Gasteiger partial charge >= 0.3 is 0 Å². The summed E-state index contributed by atoms with van der Waals surface area (Å²) in [7, 11) is 1.61. The van der Waals surface area contributed by atoms with Crippen molar-refractivity contribution in [2.24, 2.45) is 5.73 Å². The molecule has 8 heteroatoms. The van der Waals surface area contributed by atoms with Crippen molar-refractivity contribution in [3.05, 3.63) is 42.1 Å². The van der Waals surface area contributed by atoms with Gasteiger partial charge in [0.2, 0.25) is 11.8 Å². The Morgan fingerprint density at radius 3 is 2.56 bits per heavy atom. The first-order chi connectivity index (χ1) is 11.0. The third-order valence-electron chi connectivity index (χ3n) is 3.38. The molecule has 1 amide bonds. The number of anilines is 1. The number of pyridine rings is 1. The van der Waals surface area contributed by atoms with Crippen LogP contribution < -0.4 is 20.5 Å². The van der Waals surface area contributed by atoms with Crippen molar-refractivity contribution in [3.63, 3.8) is 0 Å². The van der Waals surface area contributed by atoms with E-state index >= 15 is 0 Å². The number of benzene rings is 1. The van der Waals surface area contributed by atoms with Gasteiger partial charge in [0, 0.05) is 12.1 Å². The number of hydrogen-bond donors (Lipinski definition) is 2. The molecule has 0 aliphatic carbocycles. The van der Waals surface area contributed by atoms with E-state index in [-0.39, 0.29) is 30.7 Å². The molecule has 0 saturated carbocycles. The van der Waals surface area contributed by atoms with Crippen LogP contribution >= 0.6 is 24.8 Å². The van der Waals surface area contributed by atoms with Crippen molar-refractivity contribution in [2.75, 3.05) is 12.4 Å². The summed E-state index contributed by atoms with van der Waals surface area (Å²) in [5.41, 5.74) is 7.27. The Morgan fingerprint density at radius 2 is 2.00 bits per heavy atom. The molecule has 0 spiro atoms. The van der Waals surface area contributed by atoms with Crippen LogP contribution in [0, 0.1) is 6.92 Å². The molecule has 1 atom stereocenters. The van der Waals surface area contributed by atoms with Crippen molar-refractivity contribution in [1.29, 1.82) is 0 Å². The molecule has 0 fully saturated rings. The number of nitrogens with two attached hydrogens (primary N) is 1. The topological polar surface area (TPSA) is 86.5 Å². The van der Waals surface area contributed by atoms with E-state index in [0.717, 1.165) is 11.3 Å². The zero-order chi connectivity index (χ0) is 16.8. The van der Waals surface area contributed by atoms with Crippen LogP contribution in [0.5, 0.6) is 17.4 Å². The largest absolute Gasteiger partial charge is 0.496 e. The molecule has 6 nitrogen and oxygen atoms in total. The number of hydrogen-bond acceptors (Lipinski definition) is 5. The van der Waals surface area contributed by atoms with E-state index in [2.05, 4.69) is 10.3 Å². The van der Waals surface area contributed by atoms with Gasteiger partial charge in [0.05, 0.1) is 25.0 Å². The van der Waals surface area contributed by atoms with Crippen LogP contribution in [0.15, 0.2) is 36.5 Å². The minimum atomic E-state index is -0.522. The smallest absolute Gasteiger partial charge is 0.241 e. The summed E-state index contributed by atoms with van der Waals surface area (Å²) in [6.45, 7) is 3.81. The molecule has 1 aromatic carbocycles. The third kappa shape index (κ3) is 6.42. The molecule has 0 bridgehead atoms. The van der Waals surface area contributed by atoms with Crippen LogP contribution in [0.1, 0.15) is 18.9 Å². The predicted molar refractivity (Wildman–Crippen MR) is 103 cm³/mol. The number of ether oxygens (including phenoxy) is 2. The van der Waals surface area contributed by atoms with Gasteiger partial charge in [0.15, 0.2) is 0 Å². The first-order valence-corrected chi connectivity index (χ1v) is 7.38. The maximum atomic E-state index is 11.7. The van der Waals surface area contributed by atoms with E-state index in [1.807, 2.05) is 26.0 Å². The molecule has 0 saturated heterocycles. The van der Waals surface area contributed by atoms with Gasteiger partial charge < -0.3 is 20.5 Å². The number of methoxy groups -OCH3 is 1. The number of nitrogens with one attached hydrogen (secondary N) is 1. The van der Waals surface area contributed by atoms with E-state index in [1.165, 1.54) is 6.20 Å². The van der Waals surface area contributed by atoms with Gasteiger partial charge in [0.25, 0.3) is 0 Å². The van der Waals surface area contributed by atoms with E-state index in [9.17, 15) is 4.79 Å². The van der Waals surface area contributed by atoms with Crippen molar-refractivity contribution in [2.45, 2.75) is 26.3 Å².